The van der Waals surface area contributed by atoms with Gasteiger partial charge in [-0.3, -0.25) is 4.68 Å². The van der Waals surface area contributed by atoms with E-state index in [9.17, 15) is 4.39 Å². The number of para-hydroxylation sites is 1. The molecule has 0 radical (unpaired) electrons. The molecule has 1 unspecified atom stereocenters. The van der Waals surface area contributed by atoms with Gasteiger partial charge in [-0.2, -0.15) is 5.10 Å². The van der Waals surface area contributed by atoms with E-state index >= 15 is 0 Å². The third kappa shape index (κ3) is 3.32. The molecule has 0 aliphatic heterocycles. The highest BCUT2D eigenvalue weighted by Crippen LogP contribution is 2.28. The van der Waals surface area contributed by atoms with Gasteiger partial charge in [-0.1, -0.05) is 12.1 Å². The van der Waals surface area contributed by atoms with Crippen LogP contribution in [-0.4, -0.2) is 15.8 Å². The zero-order valence-electron chi connectivity index (χ0n) is 11.1. The van der Waals surface area contributed by atoms with Crippen molar-refractivity contribution in [1.29, 1.82) is 0 Å². The van der Waals surface area contributed by atoms with Gasteiger partial charge in [0.25, 0.3) is 0 Å². The van der Waals surface area contributed by atoms with E-state index < -0.39 is 0 Å². The predicted molar refractivity (Wildman–Crippen MR) is 71.7 cm³/mol. The molecular weight excluding hydrogens is 245 g/mol. The number of nitrogens with zero attached hydrogens (tertiary/aromatic N) is 2. The SMILES string of the molecule is CCn1cc(Oc2c(F)cccc2CC(C)N)cn1. The molecule has 0 bridgehead atoms. The second-order valence-electron chi connectivity index (χ2n) is 4.54. The monoisotopic (exact) mass is 263 g/mol. The number of benzene rings is 1. The lowest BCUT2D eigenvalue weighted by Gasteiger charge is -2.12. The fraction of sp³-hybridized carbons (Fsp3) is 0.357. The third-order valence-electron chi connectivity index (χ3n) is 2.74. The highest BCUT2D eigenvalue weighted by Gasteiger charge is 2.13. The van der Waals surface area contributed by atoms with Crippen molar-refractivity contribution in [3.8, 4) is 11.5 Å². The molecule has 1 heterocycles. The van der Waals surface area contributed by atoms with E-state index in [-0.39, 0.29) is 17.6 Å². The van der Waals surface area contributed by atoms with Crippen molar-refractivity contribution in [2.75, 3.05) is 0 Å². The molecule has 2 aromatic rings. The van der Waals surface area contributed by atoms with Crippen LogP contribution in [-0.2, 0) is 13.0 Å². The minimum absolute atomic E-state index is 0.0532. The number of nitrogens with two attached hydrogens (primary N) is 1. The molecular formula is C14H18FN3O. The third-order valence-corrected chi connectivity index (χ3v) is 2.74. The van der Waals surface area contributed by atoms with Crippen LogP contribution in [0.3, 0.4) is 0 Å². The van der Waals surface area contributed by atoms with Crippen LogP contribution in [0.5, 0.6) is 11.5 Å². The second kappa shape index (κ2) is 5.84. The molecule has 0 aliphatic carbocycles. The van der Waals surface area contributed by atoms with Crippen LogP contribution in [0.2, 0.25) is 0 Å². The Kier molecular flexibility index (Phi) is 4.16. The van der Waals surface area contributed by atoms with Crippen LogP contribution < -0.4 is 10.5 Å². The summed E-state index contributed by atoms with van der Waals surface area (Å²) in [5.74, 6) is 0.371. The number of hydrogen-bond donors (Lipinski definition) is 1. The molecule has 2 rings (SSSR count). The maximum atomic E-state index is 13.9. The summed E-state index contributed by atoms with van der Waals surface area (Å²) in [6.07, 6.45) is 3.88. The quantitative estimate of drug-likeness (QED) is 0.902. The minimum atomic E-state index is -0.387. The highest BCUT2D eigenvalue weighted by atomic mass is 19.1. The lowest BCUT2D eigenvalue weighted by Crippen LogP contribution is -2.18. The van der Waals surface area contributed by atoms with Crippen molar-refractivity contribution in [3.05, 3.63) is 42.0 Å². The standard InChI is InChI=1S/C14H18FN3O/c1-3-18-9-12(8-17-18)19-14-11(7-10(2)16)5-4-6-13(14)15/h4-6,8-10H,3,7,16H2,1-2H3. The number of aromatic nitrogens is 2. The number of hydrogen-bond acceptors (Lipinski definition) is 3. The molecule has 1 aromatic carbocycles. The maximum Gasteiger partial charge on any atom is 0.166 e. The maximum absolute atomic E-state index is 13.9. The summed E-state index contributed by atoms with van der Waals surface area (Å²) in [5.41, 5.74) is 6.53. The van der Waals surface area contributed by atoms with Gasteiger partial charge in [0.2, 0.25) is 0 Å². The lowest BCUT2D eigenvalue weighted by molar-refractivity contribution is 0.433. The number of ether oxygens (including phenoxy) is 1. The number of aryl methyl sites for hydroxylation is 1. The Morgan fingerprint density at radius 1 is 1.47 bits per heavy atom. The molecule has 4 nitrogen and oxygen atoms in total. The van der Waals surface area contributed by atoms with Crippen molar-refractivity contribution in [1.82, 2.24) is 9.78 Å². The zero-order chi connectivity index (χ0) is 13.8. The van der Waals surface area contributed by atoms with Crippen LogP contribution in [0.15, 0.2) is 30.6 Å². The Labute approximate surface area is 112 Å². The first kappa shape index (κ1) is 13.5. The topological polar surface area (TPSA) is 53.1 Å². The summed E-state index contributed by atoms with van der Waals surface area (Å²) < 4.78 is 21.2. The molecule has 1 atom stereocenters. The van der Waals surface area contributed by atoms with E-state index in [2.05, 4.69) is 5.10 Å². The lowest BCUT2D eigenvalue weighted by atomic mass is 10.1. The van der Waals surface area contributed by atoms with Crippen molar-refractivity contribution in [3.63, 3.8) is 0 Å². The first-order chi connectivity index (χ1) is 9.10. The molecule has 2 N–H and O–H groups in total. The van der Waals surface area contributed by atoms with Crippen molar-refractivity contribution in [2.24, 2.45) is 5.73 Å². The highest BCUT2D eigenvalue weighted by molar-refractivity contribution is 5.38. The smallest absolute Gasteiger partial charge is 0.166 e. The van der Waals surface area contributed by atoms with Gasteiger partial charge in [0.15, 0.2) is 17.3 Å². The molecule has 5 heteroatoms. The molecule has 0 saturated carbocycles. The summed E-state index contributed by atoms with van der Waals surface area (Å²) in [4.78, 5) is 0. The Hall–Kier alpha value is -1.88. The number of halogens is 1. The summed E-state index contributed by atoms with van der Waals surface area (Å²) in [7, 11) is 0. The van der Waals surface area contributed by atoms with Gasteiger partial charge < -0.3 is 10.5 Å². The van der Waals surface area contributed by atoms with Crippen molar-refractivity contribution >= 4 is 0 Å². The van der Waals surface area contributed by atoms with Gasteiger partial charge >= 0.3 is 0 Å². The Morgan fingerprint density at radius 3 is 2.89 bits per heavy atom. The summed E-state index contributed by atoms with van der Waals surface area (Å²) in [5, 5.41) is 4.10. The molecule has 1 aromatic heterocycles. The molecule has 0 spiro atoms. The first-order valence-electron chi connectivity index (χ1n) is 6.33. The van der Waals surface area contributed by atoms with E-state index in [0.29, 0.717) is 12.2 Å². The Morgan fingerprint density at radius 2 is 2.26 bits per heavy atom. The summed E-state index contributed by atoms with van der Waals surface area (Å²) in [6, 6.07) is 4.81. The Bertz CT molecular complexity index is 551. The summed E-state index contributed by atoms with van der Waals surface area (Å²) >= 11 is 0. The van der Waals surface area contributed by atoms with Gasteiger partial charge in [0.1, 0.15) is 0 Å². The fourth-order valence-electron chi connectivity index (χ4n) is 1.86. The van der Waals surface area contributed by atoms with Crippen LogP contribution >= 0.6 is 0 Å². The molecule has 0 saturated heterocycles. The van der Waals surface area contributed by atoms with Gasteiger partial charge in [-0.15, -0.1) is 0 Å². The van der Waals surface area contributed by atoms with E-state index in [1.165, 1.54) is 6.07 Å². The predicted octanol–water partition coefficient (Wildman–Crippen LogP) is 2.72. The van der Waals surface area contributed by atoms with Gasteiger partial charge in [0, 0.05) is 12.6 Å². The molecule has 19 heavy (non-hydrogen) atoms. The van der Waals surface area contributed by atoms with Crippen LogP contribution in [0.4, 0.5) is 4.39 Å². The van der Waals surface area contributed by atoms with Crippen LogP contribution in [0.25, 0.3) is 0 Å². The normalized spacial score (nSPS) is 12.4. The average Bonchev–Trinajstić information content (AvgIpc) is 2.81. The van der Waals surface area contributed by atoms with Crippen molar-refractivity contribution < 1.29 is 9.13 Å². The van der Waals surface area contributed by atoms with E-state index in [0.717, 1.165) is 12.1 Å². The van der Waals surface area contributed by atoms with Crippen molar-refractivity contribution in [2.45, 2.75) is 32.9 Å². The van der Waals surface area contributed by atoms with Gasteiger partial charge in [0.05, 0.1) is 12.4 Å². The zero-order valence-corrected chi connectivity index (χ0v) is 11.1. The molecule has 0 fully saturated rings. The average molecular weight is 263 g/mol. The Balaban J connectivity index is 2.27. The second-order valence-corrected chi connectivity index (χ2v) is 4.54. The van der Waals surface area contributed by atoms with Crippen LogP contribution in [0.1, 0.15) is 19.4 Å². The largest absolute Gasteiger partial charge is 0.451 e. The van der Waals surface area contributed by atoms with E-state index in [1.54, 1.807) is 23.1 Å². The molecule has 0 amide bonds. The van der Waals surface area contributed by atoms with Crippen LogP contribution in [0, 0.1) is 5.82 Å². The van der Waals surface area contributed by atoms with Gasteiger partial charge in [-0.05, 0) is 31.9 Å². The first-order valence-corrected chi connectivity index (χ1v) is 6.33. The summed E-state index contributed by atoms with van der Waals surface area (Å²) in [6.45, 7) is 4.60. The van der Waals surface area contributed by atoms with E-state index in [4.69, 9.17) is 10.5 Å². The molecule has 102 valence electrons. The van der Waals surface area contributed by atoms with E-state index in [1.807, 2.05) is 19.9 Å². The fourth-order valence-corrected chi connectivity index (χ4v) is 1.86. The number of rotatable bonds is 5. The minimum Gasteiger partial charge on any atom is -0.451 e. The van der Waals surface area contributed by atoms with Gasteiger partial charge in [-0.25, -0.2) is 4.39 Å². The molecule has 0 aliphatic rings.